The smallest absolute Gasteiger partial charge is 0.225 e. The van der Waals surface area contributed by atoms with E-state index in [0.29, 0.717) is 51.8 Å². The van der Waals surface area contributed by atoms with Crippen LogP contribution in [0.1, 0.15) is 12.1 Å². The molecule has 2 aromatic rings. The van der Waals surface area contributed by atoms with E-state index in [9.17, 15) is 9.18 Å². The molecule has 0 aromatic carbocycles. The number of rotatable bonds is 3. The van der Waals surface area contributed by atoms with Crippen LogP contribution in [0.3, 0.4) is 0 Å². The lowest BCUT2D eigenvalue weighted by atomic mass is 10.0. The van der Waals surface area contributed by atoms with E-state index in [1.807, 2.05) is 22.1 Å². The molecule has 26 heavy (non-hydrogen) atoms. The average molecular weight is 359 g/mol. The second kappa shape index (κ2) is 7.41. The third-order valence-corrected chi connectivity index (χ3v) is 4.93. The van der Waals surface area contributed by atoms with Gasteiger partial charge in [-0.1, -0.05) is 0 Å². The Morgan fingerprint density at radius 1 is 1.23 bits per heavy atom. The van der Waals surface area contributed by atoms with Crippen LogP contribution in [0, 0.1) is 11.7 Å². The second-order valence-corrected chi connectivity index (χ2v) is 6.80. The molecular formula is C18H22FN5O2. The number of carbonyl (C=O) groups excluding carboxylic acids is 1. The van der Waals surface area contributed by atoms with Gasteiger partial charge in [0.1, 0.15) is 0 Å². The Bertz CT molecular complexity index is 757. The van der Waals surface area contributed by atoms with Crippen LogP contribution in [-0.4, -0.2) is 58.2 Å². The Labute approximate surface area is 151 Å². The van der Waals surface area contributed by atoms with Gasteiger partial charge in [0.2, 0.25) is 11.9 Å². The summed E-state index contributed by atoms with van der Waals surface area (Å²) >= 11 is 0. The number of nitrogens with zero attached hydrogens (tertiary/aromatic N) is 5. The van der Waals surface area contributed by atoms with Crippen molar-refractivity contribution in [3.63, 3.8) is 0 Å². The van der Waals surface area contributed by atoms with Gasteiger partial charge in [-0.05, 0) is 12.1 Å². The van der Waals surface area contributed by atoms with Crippen LogP contribution >= 0.6 is 0 Å². The van der Waals surface area contributed by atoms with E-state index in [-0.39, 0.29) is 11.8 Å². The summed E-state index contributed by atoms with van der Waals surface area (Å²) in [5.74, 6) is 0.331. The zero-order valence-electron chi connectivity index (χ0n) is 14.6. The molecule has 8 heteroatoms. The first-order chi connectivity index (χ1) is 12.7. The summed E-state index contributed by atoms with van der Waals surface area (Å²) in [6.07, 6.45) is 4.87. The van der Waals surface area contributed by atoms with Crippen molar-refractivity contribution in [1.29, 1.82) is 0 Å². The number of fused-ring (bicyclic) bond motifs is 1. The third-order valence-electron chi connectivity index (χ3n) is 4.93. The number of hydrogen-bond acceptors (Lipinski definition) is 5. The van der Waals surface area contributed by atoms with Crippen LogP contribution in [0.2, 0.25) is 0 Å². The summed E-state index contributed by atoms with van der Waals surface area (Å²) in [5, 5.41) is 0. The minimum Gasteiger partial charge on any atom is -0.378 e. The first-order valence-corrected chi connectivity index (χ1v) is 8.91. The maximum atomic E-state index is 13.2. The molecule has 0 unspecified atom stereocenters. The van der Waals surface area contributed by atoms with E-state index in [2.05, 4.69) is 20.6 Å². The van der Waals surface area contributed by atoms with Crippen LogP contribution in [0.5, 0.6) is 0 Å². The summed E-state index contributed by atoms with van der Waals surface area (Å²) in [4.78, 5) is 24.8. The van der Waals surface area contributed by atoms with Gasteiger partial charge in [0, 0.05) is 50.4 Å². The molecule has 0 spiro atoms. The largest absolute Gasteiger partial charge is 0.378 e. The van der Waals surface area contributed by atoms with Crippen LogP contribution in [0.15, 0.2) is 30.7 Å². The first-order valence-electron chi connectivity index (χ1n) is 8.91. The molecule has 0 bridgehead atoms. The highest BCUT2D eigenvalue weighted by atomic mass is 19.1. The Morgan fingerprint density at radius 3 is 2.77 bits per heavy atom. The van der Waals surface area contributed by atoms with Crippen molar-refractivity contribution in [2.24, 2.45) is 5.92 Å². The van der Waals surface area contributed by atoms with Crippen molar-refractivity contribution < 1.29 is 13.9 Å². The topological polar surface area (TPSA) is 63.5 Å². The Balaban J connectivity index is 1.52. The SMILES string of the molecule is O=C(C[C@@H]1CN(c2ncc(F)cn2)Cc2cccn2C1)N1CCOCC1. The summed E-state index contributed by atoms with van der Waals surface area (Å²) < 4.78 is 20.7. The zero-order chi connectivity index (χ0) is 17.9. The Hall–Kier alpha value is -2.48. The lowest BCUT2D eigenvalue weighted by molar-refractivity contribution is -0.136. The molecular weight excluding hydrogens is 337 g/mol. The maximum Gasteiger partial charge on any atom is 0.225 e. The molecule has 2 aliphatic heterocycles. The number of morpholine rings is 1. The number of anilines is 1. The Morgan fingerprint density at radius 2 is 2.00 bits per heavy atom. The van der Waals surface area contributed by atoms with Crippen molar-refractivity contribution in [2.75, 3.05) is 37.7 Å². The highest BCUT2D eigenvalue weighted by Gasteiger charge is 2.27. The monoisotopic (exact) mass is 359 g/mol. The van der Waals surface area contributed by atoms with Crippen molar-refractivity contribution in [3.05, 3.63) is 42.2 Å². The zero-order valence-corrected chi connectivity index (χ0v) is 14.6. The first kappa shape index (κ1) is 17.0. The standard InChI is InChI=1S/C18H22FN5O2/c19-15-9-20-18(21-10-15)24-12-14(11-23-3-1-2-16(23)13-24)8-17(25)22-4-6-26-7-5-22/h1-3,9-10,14H,4-8,11-13H2/t14-/m0/s1. The molecule has 0 aliphatic carbocycles. The van der Waals surface area contributed by atoms with Crippen LogP contribution in [-0.2, 0) is 22.6 Å². The van der Waals surface area contributed by atoms with Crippen molar-refractivity contribution in [3.8, 4) is 0 Å². The fourth-order valence-corrected chi connectivity index (χ4v) is 3.62. The predicted octanol–water partition coefficient (Wildman–Crippen LogP) is 1.30. The van der Waals surface area contributed by atoms with E-state index in [1.165, 1.54) is 12.4 Å². The van der Waals surface area contributed by atoms with Gasteiger partial charge in [0.15, 0.2) is 5.82 Å². The van der Waals surface area contributed by atoms with Gasteiger partial charge >= 0.3 is 0 Å². The molecule has 138 valence electrons. The number of ether oxygens (including phenoxy) is 1. The van der Waals surface area contributed by atoms with Crippen LogP contribution in [0.4, 0.5) is 10.3 Å². The van der Waals surface area contributed by atoms with E-state index in [0.717, 1.165) is 12.2 Å². The molecule has 0 saturated carbocycles. The highest BCUT2D eigenvalue weighted by molar-refractivity contribution is 5.76. The van der Waals surface area contributed by atoms with E-state index >= 15 is 0 Å². The van der Waals surface area contributed by atoms with E-state index in [4.69, 9.17) is 4.74 Å². The van der Waals surface area contributed by atoms with Gasteiger partial charge in [-0.15, -0.1) is 0 Å². The Kier molecular flexibility index (Phi) is 4.83. The van der Waals surface area contributed by atoms with Gasteiger partial charge in [-0.2, -0.15) is 0 Å². The highest BCUT2D eigenvalue weighted by Crippen LogP contribution is 2.23. The minimum absolute atomic E-state index is 0.132. The lowest BCUT2D eigenvalue weighted by Crippen LogP contribution is -2.42. The average Bonchev–Trinajstić information content (AvgIpc) is 3.02. The lowest BCUT2D eigenvalue weighted by Gasteiger charge is -2.29. The number of aromatic nitrogens is 3. The van der Waals surface area contributed by atoms with Gasteiger partial charge in [-0.3, -0.25) is 4.79 Å². The van der Waals surface area contributed by atoms with Crippen molar-refractivity contribution in [1.82, 2.24) is 19.4 Å². The quantitative estimate of drug-likeness (QED) is 0.827. The summed E-state index contributed by atoms with van der Waals surface area (Å²) in [6, 6.07) is 4.06. The molecule has 1 amide bonds. The van der Waals surface area contributed by atoms with Crippen molar-refractivity contribution >= 4 is 11.9 Å². The molecule has 4 rings (SSSR count). The molecule has 2 aliphatic rings. The fourth-order valence-electron chi connectivity index (χ4n) is 3.62. The van der Waals surface area contributed by atoms with Crippen LogP contribution < -0.4 is 4.90 Å². The number of amides is 1. The second-order valence-electron chi connectivity index (χ2n) is 6.80. The molecule has 1 saturated heterocycles. The number of carbonyl (C=O) groups is 1. The van der Waals surface area contributed by atoms with Crippen molar-refractivity contribution in [2.45, 2.75) is 19.5 Å². The fraction of sp³-hybridized carbons (Fsp3) is 0.500. The van der Waals surface area contributed by atoms with Gasteiger partial charge in [0.05, 0.1) is 32.2 Å². The summed E-state index contributed by atoms with van der Waals surface area (Å²) in [7, 11) is 0. The molecule has 0 N–H and O–H groups in total. The predicted molar refractivity (Wildman–Crippen MR) is 93.0 cm³/mol. The molecule has 7 nitrogen and oxygen atoms in total. The van der Waals surface area contributed by atoms with Gasteiger partial charge < -0.3 is 19.1 Å². The molecule has 1 fully saturated rings. The summed E-state index contributed by atoms with van der Waals surface area (Å²) in [5.41, 5.74) is 1.14. The minimum atomic E-state index is -0.453. The molecule has 4 heterocycles. The maximum absolute atomic E-state index is 13.2. The normalized spacial score (nSPS) is 20.6. The third kappa shape index (κ3) is 3.70. The van der Waals surface area contributed by atoms with Gasteiger partial charge in [0.25, 0.3) is 0 Å². The molecule has 1 atom stereocenters. The van der Waals surface area contributed by atoms with Crippen LogP contribution in [0.25, 0.3) is 0 Å². The number of halogens is 1. The van der Waals surface area contributed by atoms with E-state index in [1.54, 1.807) is 0 Å². The van der Waals surface area contributed by atoms with E-state index < -0.39 is 5.82 Å². The number of hydrogen-bond donors (Lipinski definition) is 0. The summed E-state index contributed by atoms with van der Waals surface area (Å²) in [6.45, 7) is 4.60. The molecule has 0 radical (unpaired) electrons. The molecule has 2 aromatic heterocycles. The van der Waals surface area contributed by atoms with Gasteiger partial charge in [-0.25, -0.2) is 14.4 Å².